The largest absolute Gasteiger partial charge is 0.374 e. The van der Waals surface area contributed by atoms with Crippen molar-refractivity contribution in [1.82, 2.24) is 0 Å². The molecule has 0 radical (unpaired) electrons. The molecule has 1 unspecified atom stereocenters. The van der Waals surface area contributed by atoms with Gasteiger partial charge in [-0.3, -0.25) is 0 Å². The zero-order chi connectivity index (χ0) is 12.8. The zero-order valence-corrected chi connectivity index (χ0v) is 10.8. The molecule has 0 fully saturated rings. The van der Waals surface area contributed by atoms with Gasteiger partial charge in [-0.15, -0.1) is 0 Å². The smallest absolute Gasteiger partial charge is 0.0991 e. The normalized spacial score (nSPS) is 16.6. The van der Waals surface area contributed by atoms with Crippen LogP contribution in [0.15, 0.2) is 18.2 Å². The van der Waals surface area contributed by atoms with Crippen LogP contribution in [0.25, 0.3) is 0 Å². The average Bonchev–Trinajstić information content (AvgIpc) is 2.61. The van der Waals surface area contributed by atoms with Gasteiger partial charge in [0.25, 0.3) is 0 Å². The Balaban J connectivity index is 2.24. The summed E-state index contributed by atoms with van der Waals surface area (Å²) in [4.78, 5) is 0. The van der Waals surface area contributed by atoms with E-state index in [0.29, 0.717) is 6.54 Å². The lowest BCUT2D eigenvalue weighted by Crippen LogP contribution is -2.02. The molecule has 18 heavy (non-hydrogen) atoms. The molecule has 2 rings (SSSR count). The summed E-state index contributed by atoms with van der Waals surface area (Å²) in [5.74, 6) is 6.76. The first kappa shape index (κ1) is 12.5. The van der Waals surface area contributed by atoms with Crippen LogP contribution in [0.2, 0.25) is 0 Å². The van der Waals surface area contributed by atoms with Crippen LogP contribution in [0.1, 0.15) is 49.7 Å². The molecule has 1 aromatic rings. The van der Waals surface area contributed by atoms with Gasteiger partial charge in [0.15, 0.2) is 0 Å². The summed E-state index contributed by atoms with van der Waals surface area (Å²) >= 11 is 0. The second-order valence-corrected chi connectivity index (χ2v) is 4.64. The van der Waals surface area contributed by atoms with E-state index in [1.807, 2.05) is 18.2 Å². The lowest BCUT2D eigenvalue weighted by atomic mass is 9.91. The fourth-order valence-corrected chi connectivity index (χ4v) is 2.30. The van der Waals surface area contributed by atoms with Gasteiger partial charge < -0.3 is 5.32 Å². The van der Waals surface area contributed by atoms with Crippen molar-refractivity contribution in [3.8, 4) is 17.9 Å². The molecule has 1 heterocycles. The van der Waals surface area contributed by atoms with Gasteiger partial charge in [0.05, 0.1) is 18.2 Å². The van der Waals surface area contributed by atoms with E-state index in [-0.39, 0.29) is 5.92 Å². The number of nitriles is 1. The highest BCUT2D eigenvalue weighted by Crippen LogP contribution is 2.30. The molecule has 0 aliphatic carbocycles. The molecule has 0 bridgehead atoms. The minimum atomic E-state index is 0.273. The molecule has 0 saturated heterocycles. The Morgan fingerprint density at radius 1 is 1.44 bits per heavy atom. The number of fused-ring (bicyclic) bond motifs is 1. The summed E-state index contributed by atoms with van der Waals surface area (Å²) in [6.07, 6.45) is 4.76. The lowest BCUT2D eigenvalue weighted by Gasteiger charge is -2.14. The number of rotatable bonds is 4. The number of unbranched alkanes of at least 4 members (excludes halogenated alkanes) is 2. The third-order valence-electron chi connectivity index (χ3n) is 3.30. The second-order valence-electron chi connectivity index (χ2n) is 4.64. The standard InChI is InChI=1S/C16H18N2/c1-2-3-4-6-14-7-5-10-18-16-9-8-13(12-17)11-15(14)16/h8-9,11,14,18H,2-4,6,10H2,1H3. The number of hydrogen-bond acceptors (Lipinski definition) is 2. The van der Waals surface area contributed by atoms with E-state index in [0.717, 1.165) is 17.7 Å². The Morgan fingerprint density at radius 3 is 3.11 bits per heavy atom. The number of anilines is 1. The first-order valence-corrected chi connectivity index (χ1v) is 6.61. The summed E-state index contributed by atoms with van der Waals surface area (Å²) in [5, 5.41) is 12.3. The minimum Gasteiger partial charge on any atom is -0.374 e. The highest BCUT2D eigenvalue weighted by molar-refractivity contribution is 5.59. The molecule has 0 aromatic heterocycles. The Kier molecular flexibility index (Phi) is 4.26. The van der Waals surface area contributed by atoms with E-state index >= 15 is 0 Å². The SMILES string of the molecule is CCCCCC1C#CCNc2ccc(C#N)cc21. The topological polar surface area (TPSA) is 35.8 Å². The highest BCUT2D eigenvalue weighted by atomic mass is 14.9. The monoisotopic (exact) mass is 238 g/mol. The first-order chi connectivity index (χ1) is 8.85. The number of nitrogens with zero attached hydrogens (tertiary/aromatic N) is 1. The van der Waals surface area contributed by atoms with E-state index in [1.165, 1.54) is 24.8 Å². The molecule has 0 saturated carbocycles. The third kappa shape index (κ3) is 2.84. The third-order valence-corrected chi connectivity index (χ3v) is 3.30. The van der Waals surface area contributed by atoms with Crippen LogP contribution in [0.4, 0.5) is 5.69 Å². The van der Waals surface area contributed by atoms with Crippen LogP contribution in [-0.4, -0.2) is 6.54 Å². The summed E-state index contributed by atoms with van der Waals surface area (Å²) < 4.78 is 0. The molecule has 92 valence electrons. The van der Waals surface area contributed by atoms with Crippen molar-refractivity contribution < 1.29 is 0 Å². The molecule has 2 nitrogen and oxygen atoms in total. The Labute approximate surface area is 109 Å². The van der Waals surface area contributed by atoms with E-state index in [1.54, 1.807) is 0 Å². The predicted octanol–water partition coefficient (Wildman–Crippen LogP) is 3.65. The maximum Gasteiger partial charge on any atom is 0.0991 e. The molecule has 1 atom stereocenters. The maximum atomic E-state index is 9.00. The van der Waals surface area contributed by atoms with Crippen LogP contribution in [0.3, 0.4) is 0 Å². The van der Waals surface area contributed by atoms with E-state index < -0.39 is 0 Å². The molecule has 1 aromatic carbocycles. The van der Waals surface area contributed by atoms with Crippen LogP contribution < -0.4 is 5.32 Å². The molecular weight excluding hydrogens is 220 g/mol. The number of nitrogens with one attached hydrogen (secondary N) is 1. The fourth-order valence-electron chi connectivity index (χ4n) is 2.30. The highest BCUT2D eigenvalue weighted by Gasteiger charge is 2.15. The quantitative estimate of drug-likeness (QED) is 0.642. The molecule has 1 N–H and O–H groups in total. The zero-order valence-electron chi connectivity index (χ0n) is 10.8. The van der Waals surface area contributed by atoms with Gasteiger partial charge in [-0.05, 0) is 30.2 Å². The van der Waals surface area contributed by atoms with Gasteiger partial charge in [0.2, 0.25) is 0 Å². The van der Waals surface area contributed by atoms with Crippen molar-refractivity contribution in [3.63, 3.8) is 0 Å². The predicted molar refractivity (Wildman–Crippen MR) is 74.3 cm³/mol. The van der Waals surface area contributed by atoms with E-state index in [2.05, 4.69) is 30.2 Å². The van der Waals surface area contributed by atoms with Crippen LogP contribution in [0, 0.1) is 23.2 Å². The Bertz CT molecular complexity index is 514. The summed E-state index contributed by atoms with van der Waals surface area (Å²) in [7, 11) is 0. The van der Waals surface area contributed by atoms with Gasteiger partial charge in [0.1, 0.15) is 0 Å². The van der Waals surface area contributed by atoms with Crippen LogP contribution in [-0.2, 0) is 0 Å². The van der Waals surface area contributed by atoms with Crippen molar-refractivity contribution >= 4 is 5.69 Å². The van der Waals surface area contributed by atoms with E-state index in [9.17, 15) is 0 Å². The van der Waals surface area contributed by atoms with Gasteiger partial charge in [-0.25, -0.2) is 0 Å². The molecule has 0 amide bonds. The van der Waals surface area contributed by atoms with Gasteiger partial charge in [-0.1, -0.05) is 38.0 Å². The van der Waals surface area contributed by atoms with Gasteiger partial charge >= 0.3 is 0 Å². The van der Waals surface area contributed by atoms with Crippen molar-refractivity contribution in [2.45, 2.75) is 38.5 Å². The van der Waals surface area contributed by atoms with Crippen molar-refractivity contribution in [3.05, 3.63) is 29.3 Å². The fraction of sp³-hybridized carbons (Fsp3) is 0.438. The van der Waals surface area contributed by atoms with Crippen LogP contribution in [0.5, 0.6) is 0 Å². The number of benzene rings is 1. The Morgan fingerprint density at radius 2 is 2.33 bits per heavy atom. The Hall–Kier alpha value is -1.93. The van der Waals surface area contributed by atoms with Crippen molar-refractivity contribution in [2.24, 2.45) is 0 Å². The number of hydrogen-bond donors (Lipinski definition) is 1. The summed E-state index contributed by atoms with van der Waals surface area (Å²) in [6, 6.07) is 8.05. The van der Waals surface area contributed by atoms with Crippen LogP contribution >= 0.6 is 0 Å². The molecule has 1 aliphatic rings. The first-order valence-electron chi connectivity index (χ1n) is 6.61. The molecule has 0 spiro atoms. The average molecular weight is 238 g/mol. The maximum absolute atomic E-state index is 9.00. The van der Waals surface area contributed by atoms with E-state index in [4.69, 9.17) is 5.26 Å². The van der Waals surface area contributed by atoms with Crippen molar-refractivity contribution in [2.75, 3.05) is 11.9 Å². The van der Waals surface area contributed by atoms with Gasteiger partial charge in [-0.2, -0.15) is 5.26 Å². The molecule has 2 heteroatoms. The van der Waals surface area contributed by atoms with Gasteiger partial charge in [0, 0.05) is 11.6 Å². The minimum absolute atomic E-state index is 0.273. The summed E-state index contributed by atoms with van der Waals surface area (Å²) in [6.45, 7) is 2.91. The molecule has 1 aliphatic heterocycles. The summed E-state index contributed by atoms with van der Waals surface area (Å²) in [5.41, 5.74) is 3.03. The second kappa shape index (κ2) is 6.12. The van der Waals surface area contributed by atoms with Crippen molar-refractivity contribution in [1.29, 1.82) is 5.26 Å². The lowest BCUT2D eigenvalue weighted by molar-refractivity contribution is 0.638. The molecular formula is C16H18N2.